The molecule has 2 unspecified atom stereocenters. The fourth-order valence-electron chi connectivity index (χ4n) is 4.00. The third kappa shape index (κ3) is 18.6. The summed E-state index contributed by atoms with van der Waals surface area (Å²) in [6.07, 6.45) is 16.9. The summed E-state index contributed by atoms with van der Waals surface area (Å²) in [5.41, 5.74) is 5.56. The molecule has 0 fully saturated rings. The minimum atomic E-state index is -0.482. The van der Waals surface area contributed by atoms with Gasteiger partial charge >= 0.3 is 5.97 Å². The molecule has 0 saturated heterocycles. The van der Waals surface area contributed by atoms with Crippen LogP contribution >= 0.6 is 0 Å². The van der Waals surface area contributed by atoms with Crippen LogP contribution in [0.4, 0.5) is 0 Å². The van der Waals surface area contributed by atoms with Gasteiger partial charge in [-0.05, 0) is 32.2 Å². The van der Waals surface area contributed by atoms with Crippen molar-refractivity contribution in [2.45, 2.75) is 123 Å². The van der Waals surface area contributed by atoms with Gasteiger partial charge in [-0.1, -0.05) is 91.4 Å². The zero-order valence-electron chi connectivity index (χ0n) is 21.1. The van der Waals surface area contributed by atoms with Gasteiger partial charge in [0.25, 0.3) is 0 Å². The molecule has 0 saturated carbocycles. The molecular formula is C26H54N2O3. The van der Waals surface area contributed by atoms with Gasteiger partial charge in [0.1, 0.15) is 0 Å². The van der Waals surface area contributed by atoms with Crippen LogP contribution in [-0.4, -0.2) is 54.9 Å². The summed E-state index contributed by atoms with van der Waals surface area (Å²) in [5, 5.41) is 9.86. The van der Waals surface area contributed by atoms with E-state index in [-0.39, 0.29) is 18.4 Å². The average molecular weight is 443 g/mol. The minimum absolute atomic E-state index is 0.00663. The van der Waals surface area contributed by atoms with Gasteiger partial charge in [0.05, 0.1) is 18.6 Å². The second-order valence-corrected chi connectivity index (χ2v) is 9.17. The van der Waals surface area contributed by atoms with Gasteiger partial charge in [-0.25, -0.2) is 0 Å². The Kier molecular flexibility index (Phi) is 22.1. The number of rotatable bonds is 23. The van der Waals surface area contributed by atoms with Crippen LogP contribution in [0.2, 0.25) is 0 Å². The standard InChI is InChI=1S/C26H54N2O3/c1-4-7-10-12-13-15-18-24(17-14-11-8-5-2)26(30)31-21-16-20-28(19-9-6-3)23-25(29)22-27/h24-25,29H,4-23,27H2,1-3H3. The van der Waals surface area contributed by atoms with Gasteiger partial charge in [-0.3, -0.25) is 4.79 Å². The first-order chi connectivity index (χ1) is 15.1. The molecule has 0 spiro atoms. The maximum atomic E-state index is 12.7. The van der Waals surface area contributed by atoms with Crippen LogP contribution in [0, 0.1) is 5.92 Å². The largest absolute Gasteiger partial charge is 0.465 e. The number of hydrogen-bond acceptors (Lipinski definition) is 5. The van der Waals surface area contributed by atoms with Gasteiger partial charge in [0.15, 0.2) is 0 Å². The molecule has 0 radical (unpaired) electrons. The summed E-state index contributed by atoms with van der Waals surface area (Å²) in [4.78, 5) is 15.0. The Labute approximate surface area is 193 Å². The van der Waals surface area contributed by atoms with Gasteiger partial charge < -0.3 is 20.5 Å². The molecule has 5 heteroatoms. The van der Waals surface area contributed by atoms with Crippen LogP contribution in [0.1, 0.15) is 117 Å². The Morgan fingerprint density at radius 1 is 0.806 bits per heavy atom. The van der Waals surface area contributed by atoms with E-state index in [0.29, 0.717) is 13.2 Å². The van der Waals surface area contributed by atoms with Crippen LogP contribution in [0.5, 0.6) is 0 Å². The summed E-state index contributed by atoms with van der Waals surface area (Å²) < 4.78 is 5.69. The maximum Gasteiger partial charge on any atom is 0.308 e. The molecule has 0 aromatic heterocycles. The molecule has 0 aromatic carbocycles. The summed E-state index contributed by atoms with van der Waals surface area (Å²) in [7, 11) is 0. The Balaban J connectivity index is 4.33. The molecule has 3 N–H and O–H groups in total. The molecule has 0 heterocycles. The topological polar surface area (TPSA) is 75.8 Å². The first-order valence-corrected chi connectivity index (χ1v) is 13.4. The first-order valence-electron chi connectivity index (χ1n) is 13.4. The molecule has 5 nitrogen and oxygen atoms in total. The smallest absolute Gasteiger partial charge is 0.308 e. The lowest BCUT2D eigenvalue weighted by Gasteiger charge is -2.24. The fourth-order valence-corrected chi connectivity index (χ4v) is 4.00. The van der Waals surface area contributed by atoms with Gasteiger partial charge in [-0.2, -0.15) is 0 Å². The van der Waals surface area contributed by atoms with E-state index in [2.05, 4.69) is 25.7 Å². The molecule has 0 bridgehead atoms. The monoisotopic (exact) mass is 442 g/mol. The number of esters is 1. The van der Waals surface area contributed by atoms with E-state index in [0.717, 1.165) is 58.0 Å². The van der Waals surface area contributed by atoms with Crippen molar-refractivity contribution in [3.8, 4) is 0 Å². The van der Waals surface area contributed by atoms with Gasteiger partial charge in [0.2, 0.25) is 0 Å². The lowest BCUT2D eigenvalue weighted by Crippen LogP contribution is -2.38. The zero-order valence-corrected chi connectivity index (χ0v) is 21.1. The number of carbonyl (C=O) groups is 1. The number of carbonyl (C=O) groups excluding carboxylic acids is 1. The Morgan fingerprint density at radius 3 is 1.90 bits per heavy atom. The lowest BCUT2D eigenvalue weighted by molar-refractivity contribution is -0.149. The lowest BCUT2D eigenvalue weighted by atomic mass is 9.94. The van der Waals surface area contributed by atoms with Crippen LogP contribution in [0.25, 0.3) is 0 Å². The Morgan fingerprint density at radius 2 is 1.32 bits per heavy atom. The summed E-state index contributed by atoms with van der Waals surface area (Å²) in [6, 6.07) is 0. The Bertz CT molecular complexity index is 393. The van der Waals surface area contributed by atoms with Crippen molar-refractivity contribution in [1.29, 1.82) is 0 Å². The maximum absolute atomic E-state index is 12.7. The second kappa shape index (κ2) is 22.5. The van der Waals surface area contributed by atoms with Crippen LogP contribution in [0.15, 0.2) is 0 Å². The number of nitrogens with two attached hydrogens (primary N) is 1. The van der Waals surface area contributed by atoms with Crippen molar-refractivity contribution < 1.29 is 14.6 Å². The van der Waals surface area contributed by atoms with Gasteiger partial charge in [-0.15, -0.1) is 0 Å². The van der Waals surface area contributed by atoms with E-state index in [9.17, 15) is 9.90 Å². The number of hydrogen-bond donors (Lipinski definition) is 2. The van der Waals surface area contributed by atoms with Crippen molar-refractivity contribution in [2.24, 2.45) is 11.7 Å². The quantitative estimate of drug-likeness (QED) is 0.157. The van der Waals surface area contributed by atoms with Gasteiger partial charge in [0, 0.05) is 19.6 Å². The number of unbranched alkanes of at least 4 members (excludes halogenated alkanes) is 9. The van der Waals surface area contributed by atoms with Crippen molar-refractivity contribution >= 4 is 5.97 Å². The van der Waals surface area contributed by atoms with Crippen molar-refractivity contribution in [2.75, 3.05) is 32.8 Å². The van der Waals surface area contributed by atoms with E-state index in [1.54, 1.807) is 0 Å². The zero-order chi connectivity index (χ0) is 23.2. The van der Waals surface area contributed by atoms with Crippen LogP contribution in [0.3, 0.4) is 0 Å². The summed E-state index contributed by atoms with van der Waals surface area (Å²) in [6.45, 7) is 9.79. The molecule has 0 aliphatic rings. The van der Waals surface area contributed by atoms with E-state index in [1.807, 2.05) is 0 Å². The normalized spacial score (nSPS) is 13.5. The molecule has 0 aliphatic carbocycles. The average Bonchev–Trinajstić information content (AvgIpc) is 2.78. The molecule has 0 amide bonds. The first kappa shape index (κ1) is 30.4. The molecule has 2 atom stereocenters. The number of aliphatic hydroxyl groups is 1. The third-order valence-electron chi connectivity index (χ3n) is 6.08. The SMILES string of the molecule is CCCCCCCCC(CCCCCC)C(=O)OCCCN(CCCC)CC(O)CN. The second-order valence-electron chi connectivity index (χ2n) is 9.17. The van der Waals surface area contributed by atoms with E-state index in [4.69, 9.17) is 10.5 Å². The Hall–Kier alpha value is -0.650. The highest BCUT2D eigenvalue weighted by molar-refractivity contribution is 5.72. The highest BCUT2D eigenvalue weighted by Gasteiger charge is 2.19. The highest BCUT2D eigenvalue weighted by atomic mass is 16.5. The highest BCUT2D eigenvalue weighted by Crippen LogP contribution is 2.20. The van der Waals surface area contributed by atoms with Crippen molar-refractivity contribution in [3.05, 3.63) is 0 Å². The third-order valence-corrected chi connectivity index (χ3v) is 6.08. The number of ether oxygens (including phenoxy) is 1. The molecule has 186 valence electrons. The number of aliphatic hydroxyl groups excluding tert-OH is 1. The van der Waals surface area contributed by atoms with Crippen LogP contribution < -0.4 is 5.73 Å². The predicted molar refractivity (Wildman–Crippen MR) is 132 cm³/mol. The van der Waals surface area contributed by atoms with E-state index < -0.39 is 6.10 Å². The predicted octanol–water partition coefficient (Wildman–Crippen LogP) is 5.68. The van der Waals surface area contributed by atoms with E-state index in [1.165, 1.54) is 51.4 Å². The van der Waals surface area contributed by atoms with E-state index >= 15 is 0 Å². The minimum Gasteiger partial charge on any atom is -0.465 e. The van der Waals surface area contributed by atoms with Crippen molar-refractivity contribution in [3.63, 3.8) is 0 Å². The molecular weight excluding hydrogens is 388 g/mol. The molecule has 31 heavy (non-hydrogen) atoms. The fraction of sp³-hybridized carbons (Fsp3) is 0.962. The van der Waals surface area contributed by atoms with Crippen LogP contribution in [-0.2, 0) is 9.53 Å². The summed E-state index contributed by atoms with van der Waals surface area (Å²) >= 11 is 0. The number of nitrogens with zero attached hydrogens (tertiary/aromatic N) is 1. The summed E-state index contributed by atoms with van der Waals surface area (Å²) in [5.74, 6) is 0.0745. The molecule has 0 aliphatic heterocycles. The molecule has 0 rings (SSSR count). The van der Waals surface area contributed by atoms with Crippen molar-refractivity contribution in [1.82, 2.24) is 4.90 Å². The molecule has 0 aromatic rings.